The van der Waals surface area contributed by atoms with Gasteiger partial charge < -0.3 is 5.32 Å². The van der Waals surface area contributed by atoms with Crippen LogP contribution in [0, 0.1) is 19.8 Å². The van der Waals surface area contributed by atoms with Gasteiger partial charge in [0.25, 0.3) is 0 Å². The van der Waals surface area contributed by atoms with Crippen molar-refractivity contribution < 1.29 is 0 Å². The molecule has 1 aromatic carbocycles. The Kier molecular flexibility index (Phi) is 4.13. The van der Waals surface area contributed by atoms with E-state index in [2.05, 4.69) is 49.2 Å². The summed E-state index contributed by atoms with van der Waals surface area (Å²) in [6.07, 6.45) is 4.35. The molecular weight excluding hydrogens is 244 g/mol. The van der Waals surface area contributed by atoms with Gasteiger partial charge in [-0.2, -0.15) is 0 Å². The van der Waals surface area contributed by atoms with Gasteiger partial charge in [-0.1, -0.05) is 30.7 Å². The molecule has 1 aromatic rings. The number of nitrogens with one attached hydrogen (secondary N) is 1. The van der Waals surface area contributed by atoms with Crippen LogP contribution in [-0.2, 0) is 0 Å². The van der Waals surface area contributed by atoms with Gasteiger partial charge in [0.15, 0.2) is 0 Å². The van der Waals surface area contributed by atoms with Gasteiger partial charge >= 0.3 is 0 Å². The number of aryl methyl sites for hydroxylation is 2. The van der Waals surface area contributed by atoms with Crippen LogP contribution in [0.15, 0.2) is 18.2 Å². The summed E-state index contributed by atoms with van der Waals surface area (Å²) in [5.74, 6) is 0.987. The number of fused-ring (bicyclic) bond motifs is 2. The quantitative estimate of drug-likeness (QED) is 0.883. The first-order chi connectivity index (χ1) is 9.67. The van der Waals surface area contributed by atoms with Crippen LogP contribution in [0.2, 0.25) is 0 Å². The molecule has 1 heterocycles. The van der Waals surface area contributed by atoms with E-state index in [-0.39, 0.29) is 0 Å². The van der Waals surface area contributed by atoms with E-state index in [4.69, 9.17) is 0 Å². The molecule has 2 fully saturated rings. The molecule has 3 atom stereocenters. The first-order valence-corrected chi connectivity index (χ1v) is 8.22. The van der Waals surface area contributed by atoms with Crippen molar-refractivity contribution >= 4 is 0 Å². The predicted molar refractivity (Wildman–Crippen MR) is 85.0 cm³/mol. The molecule has 1 saturated carbocycles. The highest BCUT2D eigenvalue weighted by Crippen LogP contribution is 2.38. The van der Waals surface area contributed by atoms with Gasteiger partial charge in [-0.05, 0) is 56.7 Å². The highest BCUT2D eigenvalue weighted by molar-refractivity contribution is 5.33. The zero-order valence-corrected chi connectivity index (χ0v) is 13.2. The molecule has 3 rings (SSSR count). The number of likely N-dealkylation sites (N-methyl/N-ethyl adjacent to an activating group) is 1. The first-order valence-electron chi connectivity index (χ1n) is 8.22. The zero-order valence-electron chi connectivity index (χ0n) is 13.2. The Morgan fingerprint density at radius 2 is 2.15 bits per heavy atom. The molecule has 0 amide bonds. The summed E-state index contributed by atoms with van der Waals surface area (Å²) in [6, 6.07) is 8.22. The lowest BCUT2D eigenvalue weighted by Gasteiger charge is -2.32. The maximum atomic E-state index is 3.71. The number of rotatable bonds is 5. The topological polar surface area (TPSA) is 15.3 Å². The van der Waals surface area contributed by atoms with Crippen molar-refractivity contribution in [3.63, 3.8) is 0 Å². The summed E-state index contributed by atoms with van der Waals surface area (Å²) in [5, 5.41) is 3.71. The third kappa shape index (κ3) is 2.77. The third-order valence-corrected chi connectivity index (χ3v) is 5.20. The number of nitrogens with zero attached hydrogens (tertiary/aromatic N) is 1. The van der Waals surface area contributed by atoms with Crippen molar-refractivity contribution in [2.45, 2.75) is 52.1 Å². The Bertz CT molecular complexity index is 468. The Morgan fingerprint density at radius 1 is 1.30 bits per heavy atom. The van der Waals surface area contributed by atoms with Crippen molar-refractivity contribution in [2.24, 2.45) is 5.92 Å². The lowest BCUT2D eigenvalue weighted by Crippen LogP contribution is -2.39. The molecule has 0 aromatic heterocycles. The molecule has 1 aliphatic heterocycles. The average molecular weight is 272 g/mol. The lowest BCUT2D eigenvalue weighted by atomic mass is 9.97. The summed E-state index contributed by atoms with van der Waals surface area (Å²) in [5.41, 5.74) is 4.29. The minimum Gasteiger partial charge on any atom is -0.309 e. The highest BCUT2D eigenvalue weighted by Gasteiger charge is 2.38. The van der Waals surface area contributed by atoms with E-state index in [1.807, 2.05) is 0 Å². The van der Waals surface area contributed by atoms with Gasteiger partial charge in [-0.3, -0.25) is 4.90 Å². The molecule has 1 N–H and O–H groups in total. The van der Waals surface area contributed by atoms with E-state index in [0.29, 0.717) is 6.04 Å². The predicted octanol–water partition coefficient (Wildman–Crippen LogP) is 3.44. The molecule has 0 spiro atoms. The number of piperidine rings is 1. The fourth-order valence-corrected chi connectivity index (χ4v) is 4.14. The molecule has 0 radical (unpaired) electrons. The van der Waals surface area contributed by atoms with Gasteiger partial charge in [-0.25, -0.2) is 0 Å². The highest BCUT2D eigenvalue weighted by atomic mass is 15.2. The van der Waals surface area contributed by atoms with E-state index in [0.717, 1.165) is 18.5 Å². The van der Waals surface area contributed by atoms with Gasteiger partial charge in [0, 0.05) is 25.2 Å². The lowest BCUT2D eigenvalue weighted by molar-refractivity contribution is 0.192. The minimum atomic E-state index is 0.485. The molecule has 3 unspecified atom stereocenters. The molecule has 2 bridgehead atoms. The zero-order chi connectivity index (χ0) is 14.1. The van der Waals surface area contributed by atoms with Crippen LogP contribution in [-0.4, -0.2) is 30.6 Å². The molecule has 1 saturated heterocycles. The van der Waals surface area contributed by atoms with Crippen LogP contribution in [0.1, 0.15) is 48.9 Å². The van der Waals surface area contributed by atoms with Crippen molar-refractivity contribution in [2.75, 3.05) is 19.6 Å². The fraction of sp³-hybridized carbons (Fsp3) is 0.667. The van der Waals surface area contributed by atoms with Gasteiger partial charge in [-0.15, -0.1) is 0 Å². The summed E-state index contributed by atoms with van der Waals surface area (Å²) < 4.78 is 0. The Hall–Kier alpha value is -0.860. The molecular formula is C18H28N2. The maximum absolute atomic E-state index is 3.71. The second kappa shape index (κ2) is 5.87. The number of likely N-dealkylation sites (tertiary alicyclic amines) is 1. The van der Waals surface area contributed by atoms with Crippen LogP contribution in [0.25, 0.3) is 0 Å². The smallest absolute Gasteiger partial charge is 0.0452 e. The fourth-order valence-electron chi connectivity index (χ4n) is 4.14. The van der Waals surface area contributed by atoms with Crippen molar-refractivity contribution in [3.05, 3.63) is 34.9 Å². The minimum absolute atomic E-state index is 0.485. The van der Waals surface area contributed by atoms with Crippen LogP contribution in [0.3, 0.4) is 0 Å². The van der Waals surface area contributed by atoms with Gasteiger partial charge in [0.1, 0.15) is 0 Å². The third-order valence-electron chi connectivity index (χ3n) is 5.20. The van der Waals surface area contributed by atoms with Gasteiger partial charge in [0.2, 0.25) is 0 Å². The Morgan fingerprint density at radius 3 is 2.80 bits per heavy atom. The average Bonchev–Trinajstić information content (AvgIpc) is 3.03. The summed E-state index contributed by atoms with van der Waals surface area (Å²) in [6.45, 7) is 10.2. The van der Waals surface area contributed by atoms with Gasteiger partial charge in [0.05, 0.1) is 0 Å². The molecule has 20 heavy (non-hydrogen) atoms. The van der Waals surface area contributed by atoms with Crippen molar-refractivity contribution in [1.82, 2.24) is 10.2 Å². The van der Waals surface area contributed by atoms with E-state index in [1.165, 1.54) is 49.0 Å². The number of benzene rings is 1. The molecule has 1 aliphatic carbocycles. The molecule has 2 heteroatoms. The number of hydrogen-bond acceptors (Lipinski definition) is 2. The van der Waals surface area contributed by atoms with Crippen molar-refractivity contribution in [3.8, 4) is 0 Å². The van der Waals surface area contributed by atoms with Crippen LogP contribution in [0.4, 0.5) is 0 Å². The standard InChI is InChI=1S/C18H28N2/c1-4-19-18(17-9-13(2)5-6-14(17)3)12-20-11-15-7-8-16(20)10-15/h5-6,9,15-16,18-19H,4,7-8,10-12H2,1-3H3. The normalized spacial score (nSPS) is 27.1. The van der Waals surface area contributed by atoms with Crippen LogP contribution < -0.4 is 5.32 Å². The summed E-state index contributed by atoms with van der Waals surface area (Å²) >= 11 is 0. The van der Waals surface area contributed by atoms with E-state index < -0.39 is 0 Å². The summed E-state index contributed by atoms with van der Waals surface area (Å²) in [4.78, 5) is 2.74. The Balaban J connectivity index is 1.76. The molecule has 110 valence electrons. The van der Waals surface area contributed by atoms with Crippen molar-refractivity contribution in [1.29, 1.82) is 0 Å². The Labute approximate surface area is 123 Å². The molecule has 2 nitrogen and oxygen atoms in total. The monoisotopic (exact) mass is 272 g/mol. The second-order valence-corrected chi connectivity index (χ2v) is 6.76. The summed E-state index contributed by atoms with van der Waals surface area (Å²) in [7, 11) is 0. The largest absolute Gasteiger partial charge is 0.309 e. The van der Waals surface area contributed by atoms with Crippen LogP contribution >= 0.6 is 0 Å². The number of hydrogen-bond donors (Lipinski definition) is 1. The SMILES string of the molecule is CCNC(CN1CC2CCC1C2)c1cc(C)ccc1C. The first kappa shape index (κ1) is 14.1. The maximum Gasteiger partial charge on any atom is 0.0452 e. The molecule has 2 aliphatic rings. The van der Waals surface area contributed by atoms with Crippen LogP contribution in [0.5, 0.6) is 0 Å². The van der Waals surface area contributed by atoms with E-state index in [1.54, 1.807) is 0 Å². The second-order valence-electron chi connectivity index (χ2n) is 6.76. The van der Waals surface area contributed by atoms with E-state index in [9.17, 15) is 0 Å². The van der Waals surface area contributed by atoms with E-state index >= 15 is 0 Å².